The number of likely N-dealkylation sites (tertiary alicyclic amines) is 1. The van der Waals surface area contributed by atoms with Crippen molar-refractivity contribution >= 4 is 17.4 Å². The fraction of sp³-hybridized carbons (Fsp3) is 0.500. The van der Waals surface area contributed by atoms with E-state index in [-0.39, 0.29) is 24.0 Å². The number of amides is 2. The minimum Gasteiger partial charge on any atom is -0.378 e. The second-order valence-electron chi connectivity index (χ2n) is 6.79. The summed E-state index contributed by atoms with van der Waals surface area (Å²) in [7, 11) is 0. The standard InChI is InChI=1S/C20H26FN3O2S/c1-4-26-17-9-11-24(12-10-17)20(25)23-14(3)18-13(2)22-19(27-18)15-5-7-16(21)8-6-15/h5-8,14,17H,4,9-12H2,1-3H3,(H,23,25). The molecule has 2 heterocycles. The summed E-state index contributed by atoms with van der Waals surface area (Å²) in [6, 6.07) is 6.14. The predicted octanol–water partition coefficient (Wildman–Crippen LogP) is 4.53. The molecule has 0 radical (unpaired) electrons. The molecule has 1 atom stereocenters. The summed E-state index contributed by atoms with van der Waals surface area (Å²) in [6.45, 7) is 8.06. The van der Waals surface area contributed by atoms with Crippen molar-refractivity contribution in [2.75, 3.05) is 19.7 Å². The smallest absolute Gasteiger partial charge is 0.317 e. The third-order valence-electron chi connectivity index (χ3n) is 4.79. The van der Waals surface area contributed by atoms with Crippen LogP contribution >= 0.6 is 11.3 Å². The first kappa shape index (κ1) is 19.8. The van der Waals surface area contributed by atoms with Crippen LogP contribution in [0.5, 0.6) is 0 Å². The van der Waals surface area contributed by atoms with Crippen LogP contribution in [0.4, 0.5) is 9.18 Å². The maximum absolute atomic E-state index is 13.1. The van der Waals surface area contributed by atoms with Gasteiger partial charge in [0.05, 0.1) is 22.7 Å². The number of aryl methyl sites for hydroxylation is 1. The van der Waals surface area contributed by atoms with Crippen LogP contribution in [0, 0.1) is 12.7 Å². The van der Waals surface area contributed by atoms with Gasteiger partial charge in [0.2, 0.25) is 0 Å². The van der Waals surface area contributed by atoms with Crippen LogP contribution < -0.4 is 5.32 Å². The van der Waals surface area contributed by atoms with Gasteiger partial charge in [0.15, 0.2) is 0 Å². The van der Waals surface area contributed by atoms with Crippen molar-refractivity contribution in [3.05, 3.63) is 40.7 Å². The van der Waals surface area contributed by atoms with Gasteiger partial charge in [-0.25, -0.2) is 14.2 Å². The molecule has 1 aliphatic rings. The number of urea groups is 1. The first-order valence-electron chi connectivity index (χ1n) is 9.38. The largest absolute Gasteiger partial charge is 0.378 e. The highest BCUT2D eigenvalue weighted by Gasteiger charge is 2.25. The van der Waals surface area contributed by atoms with E-state index in [4.69, 9.17) is 4.74 Å². The fourth-order valence-electron chi connectivity index (χ4n) is 3.33. The maximum atomic E-state index is 13.1. The van der Waals surface area contributed by atoms with E-state index in [2.05, 4.69) is 10.3 Å². The molecule has 1 N–H and O–H groups in total. The van der Waals surface area contributed by atoms with Crippen molar-refractivity contribution < 1.29 is 13.9 Å². The quantitative estimate of drug-likeness (QED) is 0.815. The maximum Gasteiger partial charge on any atom is 0.317 e. The van der Waals surface area contributed by atoms with E-state index in [1.54, 1.807) is 12.1 Å². The summed E-state index contributed by atoms with van der Waals surface area (Å²) >= 11 is 1.54. The number of thiazole rings is 1. The lowest BCUT2D eigenvalue weighted by Gasteiger charge is -2.32. The van der Waals surface area contributed by atoms with Crippen molar-refractivity contribution in [2.45, 2.75) is 45.8 Å². The normalized spacial score (nSPS) is 16.4. The van der Waals surface area contributed by atoms with Gasteiger partial charge in [-0.2, -0.15) is 0 Å². The van der Waals surface area contributed by atoms with Crippen LogP contribution in [0.15, 0.2) is 24.3 Å². The first-order chi connectivity index (χ1) is 13.0. The molecule has 27 heavy (non-hydrogen) atoms. The van der Waals surface area contributed by atoms with Gasteiger partial charge in [0.25, 0.3) is 0 Å². The molecule has 1 unspecified atom stereocenters. The van der Waals surface area contributed by atoms with Gasteiger partial charge in [-0.15, -0.1) is 11.3 Å². The highest BCUT2D eigenvalue weighted by Crippen LogP contribution is 2.32. The molecule has 0 bridgehead atoms. The number of piperidine rings is 1. The molecule has 146 valence electrons. The Morgan fingerprint density at radius 3 is 2.67 bits per heavy atom. The zero-order valence-corrected chi connectivity index (χ0v) is 16.8. The molecular weight excluding hydrogens is 365 g/mol. The van der Waals surface area contributed by atoms with Crippen molar-refractivity contribution in [3.8, 4) is 10.6 Å². The van der Waals surface area contributed by atoms with Crippen LogP contribution in [0.3, 0.4) is 0 Å². The first-order valence-corrected chi connectivity index (χ1v) is 10.2. The number of halogens is 1. The molecule has 1 saturated heterocycles. The SMILES string of the molecule is CCOC1CCN(C(=O)NC(C)c2sc(-c3ccc(F)cc3)nc2C)CC1. The van der Waals surface area contributed by atoms with Gasteiger partial charge < -0.3 is 15.0 Å². The van der Waals surface area contributed by atoms with E-state index in [0.717, 1.165) is 40.6 Å². The third kappa shape index (κ3) is 4.84. The summed E-state index contributed by atoms with van der Waals surface area (Å²) in [5.41, 5.74) is 1.77. The number of aromatic nitrogens is 1. The second-order valence-corrected chi connectivity index (χ2v) is 7.82. The molecular formula is C20H26FN3O2S. The van der Waals surface area contributed by atoms with Crippen molar-refractivity contribution in [1.82, 2.24) is 15.2 Å². The summed E-state index contributed by atoms with van der Waals surface area (Å²) in [4.78, 5) is 20.1. The predicted molar refractivity (Wildman–Crippen MR) is 105 cm³/mol. The molecule has 0 saturated carbocycles. The van der Waals surface area contributed by atoms with Gasteiger partial charge in [-0.3, -0.25) is 0 Å². The van der Waals surface area contributed by atoms with E-state index in [1.807, 2.05) is 25.7 Å². The van der Waals surface area contributed by atoms with E-state index in [1.165, 1.54) is 23.5 Å². The number of hydrogen-bond acceptors (Lipinski definition) is 4. The van der Waals surface area contributed by atoms with E-state index in [0.29, 0.717) is 13.1 Å². The molecule has 2 aromatic rings. The highest BCUT2D eigenvalue weighted by molar-refractivity contribution is 7.15. The van der Waals surface area contributed by atoms with Crippen LogP contribution in [0.2, 0.25) is 0 Å². The molecule has 5 nitrogen and oxygen atoms in total. The molecule has 1 aliphatic heterocycles. The van der Waals surface area contributed by atoms with Gasteiger partial charge in [0.1, 0.15) is 10.8 Å². The lowest BCUT2D eigenvalue weighted by molar-refractivity contribution is 0.0218. The molecule has 7 heteroatoms. The Labute approximate surface area is 163 Å². The van der Waals surface area contributed by atoms with Crippen molar-refractivity contribution in [1.29, 1.82) is 0 Å². The zero-order valence-electron chi connectivity index (χ0n) is 16.0. The summed E-state index contributed by atoms with van der Waals surface area (Å²) in [5.74, 6) is -0.263. The monoisotopic (exact) mass is 391 g/mol. The Balaban J connectivity index is 1.62. The minimum absolute atomic E-state index is 0.0476. The number of hydrogen-bond donors (Lipinski definition) is 1. The average molecular weight is 392 g/mol. The fourth-order valence-corrected chi connectivity index (χ4v) is 4.40. The van der Waals surface area contributed by atoms with E-state index in [9.17, 15) is 9.18 Å². The van der Waals surface area contributed by atoms with Crippen molar-refractivity contribution in [2.24, 2.45) is 0 Å². The van der Waals surface area contributed by atoms with Gasteiger partial charge in [-0.05, 0) is 57.9 Å². The molecule has 2 amide bonds. The number of nitrogens with one attached hydrogen (secondary N) is 1. The molecule has 1 aromatic heterocycles. The van der Waals surface area contributed by atoms with Crippen molar-refractivity contribution in [3.63, 3.8) is 0 Å². The lowest BCUT2D eigenvalue weighted by atomic mass is 10.1. The van der Waals surface area contributed by atoms with Gasteiger partial charge in [0, 0.05) is 25.3 Å². The molecule has 0 aliphatic carbocycles. The Hall–Kier alpha value is -1.99. The Kier molecular flexibility index (Phi) is 6.44. The Morgan fingerprint density at radius 2 is 2.04 bits per heavy atom. The number of nitrogens with zero attached hydrogens (tertiary/aromatic N) is 2. The van der Waals surface area contributed by atoms with Gasteiger partial charge >= 0.3 is 6.03 Å². The van der Waals surface area contributed by atoms with Crippen LogP contribution in [-0.2, 0) is 4.74 Å². The highest BCUT2D eigenvalue weighted by atomic mass is 32.1. The number of ether oxygens (including phenoxy) is 1. The average Bonchev–Trinajstić information content (AvgIpc) is 3.05. The summed E-state index contributed by atoms with van der Waals surface area (Å²) < 4.78 is 18.8. The van der Waals surface area contributed by atoms with Gasteiger partial charge in [-0.1, -0.05) is 0 Å². The second kappa shape index (κ2) is 8.80. The number of carbonyl (C=O) groups is 1. The lowest BCUT2D eigenvalue weighted by Crippen LogP contribution is -2.46. The molecule has 1 aromatic carbocycles. The number of rotatable bonds is 5. The summed E-state index contributed by atoms with van der Waals surface area (Å²) in [6.07, 6.45) is 2.02. The minimum atomic E-state index is -0.263. The Morgan fingerprint density at radius 1 is 1.37 bits per heavy atom. The van der Waals surface area contributed by atoms with E-state index < -0.39 is 0 Å². The molecule has 0 spiro atoms. The number of benzene rings is 1. The van der Waals surface area contributed by atoms with Crippen LogP contribution in [-0.4, -0.2) is 41.7 Å². The Bertz CT molecular complexity index is 770. The third-order valence-corrected chi connectivity index (χ3v) is 6.18. The zero-order chi connectivity index (χ0) is 19.4. The summed E-state index contributed by atoms with van der Waals surface area (Å²) in [5, 5.41) is 3.92. The molecule has 1 fully saturated rings. The van der Waals surface area contributed by atoms with Crippen LogP contribution in [0.1, 0.15) is 43.3 Å². The topological polar surface area (TPSA) is 54.5 Å². The molecule has 3 rings (SSSR count). The number of carbonyl (C=O) groups excluding carboxylic acids is 1. The van der Waals surface area contributed by atoms with E-state index >= 15 is 0 Å². The van der Waals surface area contributed by atoms with Crippen LogP contribution in [0.25, 0.3) is 10.6 Å².